The number of phenolic OH excluding ortho intramolecular Hbond substituents is 2. The maximum absolute atomic E-state index is 10.0. The summed E-state index contributed by atoms with van der Waals surface area (Å²) in [5.41, 5.74) is 10.3. The summed E-state index contributed by atoms with van der Waals surface area (Å²) < 4.78 is 0. The second-order valence-electron chi connectivity index (χ2n) is 5.69. The Balaban J connectivity index is 1.89. The zero-order valence-corrected chi connectivity index (χ0v) is 13.0. The smallest absolute Gasteiger partial charge is 0.167 e. The Labute approximate surface area is 140 Å². The molecular weight excluding hydrogens is 302 g/mol. The summed E-state index contributed by atoms with van der Waals surface area (Å²) in [6.07, 6.45) is 1.04. The Morgan fingerprint density at radius 2 is 1.42 bits per heavy atom. The lowest BCUT2D eigenvalue weighted by Gasteiger charge is -2.12. The molecule has 4 nitrogen and oxygen atoms in total. The molecule has 4 heteroatoms. The summed E-state index contributed by atoms with van der Waals surface area (Å²) in [7, 11) is 0. The first-order valence-electron chi connectivity index (χ1n) is 7.51. The van der Waals surface area contributed by atoms with Crippen LogP contribution >= 0.6 is 0 Å². The minimum atomic E-state index is 0.0376. The van der Waals surface area contributed by atoms with Gasteiger partial charge >= 0.3 is 0 Å². The molecule has 0 aliphatic carbocycles. The van der Waals surface area contributed by atoms with E-state index in [9.17, 15) is 15.3 Å². The molecule has 0 spiro atoms. The molecule has 0 amide bonds. The van der Waals surface area contributed by atoms with Crippen molar-refractivity contribution in [3.63, 3.8) is 0 Å². The third kappa shape index (κ3) is 3.53. The van der Waals surface area contributed by atoms with Crippen LogP contribution in [0.5, 0.6) is 17.2 Å². The molecule has 0 unspecified atom stereocenters. The van der Waals surface area contributed by atoms with Crippen LogP contribution in [-0.4, -0.2) is 15.3 Å². The van der Waals surface area contributed by atoms with Gasteiger partial charge in [0.1, 0.15) is 11.5 Å². The molecule has 0 saturated carbocycles. The SMILES string of the molecule is Nc1c(Cc2c#cc(O)cc2)cc(O)cc1Cc1ccc(O)cc1. The number of hydrogen-bond acceptors (Lipinski definition) is 4. The molecule has 0 saturated heterocycles. The van der Waals surface area contributed by atoms with Crippen molar-refractivity contribution in [3.05, 3.63) is 82.9 Å². The largest absolute Gasteiger partial charge is 0.508 e. The van der Waals surface area contributed by atoms with Gasteiger partial charge in [0.05, 0.1) is 0 Å². The molecule has 0 fully saturated rings. The molecule has 5 N–H and O–H groups in total. The normalized spacial score (nSPS) is 10.3. The maximum Gasteiger partial charge on any atom is 0.167 e. The first-order chi connectivity index (χ1) is 11.5. The van der Waals surface area contributed by atoms with Crippen LogP contribution in [0.15, 0.2) is 48.5 Å². The summed E-state index contributed by atoms with van der Waals surface area (Å²) in [5.74, 6) is 0.397. The number of aromatic hydroxyl groups is 3. The minimum absolute atomic E-state index is 0.0376. The standard InChI is InChI=1S/C20H17NO3/c21-20-15(9-13-1-5-17(22)6-2-13)11-19(24)12-16(20)10-14-3-7-18(23)8-4-14/h1-3,5-7,11-12,22-24H,9-10,21H2. The zero-order chi connectivity index (χ0) is 17.1. The van der Waals surface area contributed by atoms with Crippen LogP contribution in [0.1, 0.15) is 22.3 Å². The van der Waals surface area contributed by atoms with Gasteiger partial charge in [0.2, 0.25) is 0 Å². The fourth-order valence-electron chi connectivity index (χ4n) is 2.60. The first-order valence-corrected chi connectivity index (χ1v) is 7.51. The van der Waals surface area contributed by atoms with E-state index in [2.05, 4.69) is 12.1 Å². The third-order valence-corrected chi connectivity index (χ3v) is 3.84. The molecule has 0 aliphatic heterocycles. The molecule has 24 heavy (non-hydrogen) atoms. The number of hydrogen-bond donors (Lipinski definition) is 4. The second kappa shape index (κ2) is 6.43. The minimum Gasteiger partial charge on any atom is -0.508 e. The Bertz CT molecular complexity index is 771. The highest BCUT2D eigenvalue weighted by Gasteiger charge is 2.10. The van der Waals surface area contributed by atoms with Gasteiger partial charge in [-0.3, -0.25) is 0 Å². The predicted octanol–water partition coefficient (Wildman–Crippen LogP) is 3.17. The van der Waals surface area contributed by atoms with E-state index in [4.69, 9.17) is 5.73 Å². The summed E-state index contributed by atoms with van der Waals surface area (Å²) in [5, 5.41) is 28.6. The molecule has 120 valence electrons. The second-order valence-corrected chi connectivity index (χ2v) is 5.69. The van der Waals surface area contributed by atoms with Crippen molar-refractivity contribution in [2.75, 3.05) is 5.73 Å². The topological polar surface area (TPSA) is 86.7 Å². The van der Waals surface area contributed by atoms with Crippen molar-refractivity contribution in [2.24, 2.45) is 0 Å². The van der Waals surface area contributed by atoms with Gasteiger partial charge in [-0.1, -0.05) is 18.2 Å². The molecule has 0 heterocycles. The quantitative estimate of drug-likeness (QED) is 0.439. The molecule has 3 aromatic carbocycles. The highest BCUT2D eigenvalue weighted by Crippen LogP contribution is 2.28. The Kier molecular flexibility index (Phi) is 4.17. The van der Waals surface area contributed by atoms with E-state index in [0.29, 0.717) is 18.5 Å². The number of phenols is 2. The zero-order valence-electron chi connectivity index (χ0n) is 13.0. The van der Waals surface area contributed by atoms with E-state index < -0.39 is 0 Å². The molecule has 0 bridgehead atoms. The van der Waals surface area contributed by atoms with Crippen LogP contribution in [0, 0.1) is 12.1 Å². The van der Waals surface area contributed by atoms with E-state index in [1.165, 1.54) is 0 Å². The van der Waals surface area contributed by atoms with Crippen LogP contribution in [0.25, 0.3) is 0 Å². The lowest BCUT2D eigenvalue weighted by atomic mass is 9.96. The lowest BCUT2D eigenvalue weighted by molar-refractivity contribution is 0.473. The van der Waals surface area contributed by atoms with Crippen molar-refractivity contribution in [1.29, 1.82) is 0 Å². The lowest BCUT2D eigenvalue weighted by Crippen LogP contribution is -2.02. The van der Waals surface area contributed by atoms with Crippen LogP contribution in [0.3, 0.4) is 0 Å². The number of anilines is 1. The van der Waals surface area contributed by atoms with E-state index in [-0.39, 0.29) is 17.2 Å². The molecule has 0 radical (unpaired) electrons. The van der Waals surface area contributed by atoms with Gasteiger partial charge in [-0.25, -0.2) is 0 Å². The van der Waals surface area contributed by atoms with E-state index in [0.717, 1.165) is 22.3 Å². The van der Waals surface area contributed by atoms with Gasteiger partial charge in [0, 0.05) is 17.7 Å². The molecule has 0 aromatic heterocycles. The number of nitrogen functional groups attached to an aromatic ring is 1. The van der Waals surface area contributed by atoms with Gasteiger partial charge in [-0.15, -0.1) is 0 Å². The number of benzene rings is 2. The van der Waals surface area contributed by atoms with Crippen molar-refractivity contribution in [3.8, 4) is 17.2 Å². The highest BCUT2D eigenvalue weighted by atomic mass is 16.3. The Hall–Kier alpha value is -3.32. The molecule has 3 aromatic rings. The van der Waals surface area contributed by atoms with E-state index >= 15 is 0 Å². The van der Waals surface area contributed by atoms with Crippen LogP contribution in [0.4, 0.5) is 5.69 Å². The van der Waals surface area contributed by atoms with Gasteiger partial charge in [-0.05, 0) is 65.6 Å². The Morgan fingerprint density at radius 3 is 2.04 bits per heavy atom. The number of rotatable bonds is 4. The van der Waals surface area contributed by atoms with Gasteiger partial charge in [0.25, 0.3) is 0 Å². The monoisotopic (exact) mass is 319 g/mol. The molecule has 0 aliphatic rings. The van der Waals surface area contributed by atoms with Crippen molar-refractivity contribution in [2.45, 2.75) is 12.8 Å². The van der Waals surface area contributed by atoms with Crippen molar-refractivity contribution in [1.82, 2.24) is 0 Å². The summed E-state index contributed by atoms with van der Waals surface area (Å²) in [4.78, 5) is 0. The summed E-state index contributed by atoms with van der Waals surface area (Å²) >= 11 is 0. The maximum atomic E-state index is 10.0. The summed E-state index contributed by atoms with van der Waals surface area (Å²) in [6.45, 7) is 0. The van der Waals surface area contributed by atoms with Crippen molar-refractivity contribution >= 4 is 5.69 Å². The highest BCUT2D eigenvalue weighted by molar-refractivity contribution is 5.59. The van der Waals surface area contributed by atoms with Gasteiger partial charge in [0.15, 0.2) is 5.75 Å². The average Bonchev–Trinajstić information content (AvgIpc) is 2.56. The van der Waals surface area contributed by atoms with Gasteiger partial charge < -0.3 is 21.1 Å². The van der Waals surface area contributed by atoms with E-state index in [1.807, 2.05) is 12.1 Å². The van der Waals surface area contributed by atoms with Crippen molar-refractivity contribution < 1.29 is 15.3 Å². The van der Waals surface area contributed by atoms with Crippen LogP contribution in [-0.2, 0) is 12.8 Å². The summed E-state index contributed by atoms with van der Waals surface area (Å²) in [6, 6.07) is 18.9. The fourth-order valence-corrected chi connectivity index (χ4v) is 2.60. The predicted molar refractivity (Wildman–Crippen MR) is 92.0 cm³/mol. The number of nitrogens with two attached hydrogens (primary N) is 1. The van der Waals surface area contributed by atoms with Gasteiger partial charge in [-0.2, -0.15) is 0 Å². The molecular formula is C20H17NO3. The first kappa shape index (κ1) is 15.6. The molecule has 3 rings (SSSR count). The Morgan fingerprint density at radius 1 is 0.750 bits per heavy atom. The van der Waals surface area contributed by atoms with Crippen LogP contribution < -0.4 is 5.73 Å². The van der Waals surface area contributed by atoms with E-state index in [1.54, 1.807) is 36.4 Å². The third-order valence-electron chi connectivity index (χ3n) is 3.84. The molecule has 0 atom stereocenters. The average molecular weight is 319 g/mol. The van der Waals surface area contributed by atoms with Crippen LogP contribution in [0.2, 0.25) is 0 Å². The fraction of sp³-hybridized carbons (Fsp3) is 0.100.